The number of nitrogens with one attached hydrogen (secondary N) is 1. The third-order valence-corrected chi connectivity index (χ3v) is 4.27. The first-order valence-electron chi connectivity index (χ1n) is 6.25. The Morgan fingerprint density at radius 3 is 2.42 bits per heavy atom. The van der Waals surface area contributed by atoms with Crippen molar-refractivity contribution in [3.63, 3.8) is 0 Å². The van der Waals surface area contributed by atoms with Crippen LogP contribution in [0, 0.1) is 0 Å². The number of benzene rings is 1. The van der Waals surface area contributed by atoms with E-state index >= 15 is 0 Å². The van der Waals surface area contributed by atoms with E-state index in [4.69, 9.17) is 0 Å². The smallest absolute Gasteiger partial charge is 0.221 e. The molecule has 0 fully saturated rings. The van der Waals surface area contributed by atoms with E-state index in [1.54, 1.807) is 0 Å². The topological polar surface area (TPSA) is 46.2 Å². The molecule has 0 aliphatic heterocycles. The van der Waals surface area contributed by atoms with Gasteiger partial charge in [-0.15, -0.1) is 11.3 Å². The molecule has 0 saturated heterocycles. The highest BCUT2D eigenvalue weighted by Gasteiger charge is 2.17. The molecule has 100 valence electrons. The average molecular weight is 275 g/mol. The molecule has 19 heavy (non-hydrogen) atoms. The van der Waals surface area contributed by atoms with E-state index in [9.17, 15) is 9.59 Å². The lowest BCUT2D eigenvalue weighted by molar-refractivity contribution is -0.114. The van der Waals surface area contributed by atoms with E-state index in [-0.39, 0.29) is 11.7 Å². The summed E-state index contributed by atoms with van der Waals surface area (Å²) in [5.74, 6) is 0.239. The SMILES string of the molecule is CC(=O)Nc1c(C(C)=O)sc2ccc(C(C)C)cc12. The van der Waals surface area contributed by atoms with Gasteiger partial charge in [-0.3, -0.25) is 9.59 Å². The minimum absolute atomic E-state index is 0.0175. The molecule has 1 N–H and O–H groups in total. The van der Waals surface area contributed by atoms with Gasteiger partial charge in [0, 0.05) is 23.9 Å². The van der Waals surface area contributed by atoms with Gasteiger partial charge in [0.2, 0.25) is 5.91 Å². The zero-order valence-electron chi connectivity index (χ0n) is 11.5. The third-order valence-electron chi connectivity index (χ3n) is 3.00. The second kappa shape index (κ2) is 5.13. The Balaban J connectivity index is 2.69. The van der Waals surface area contributed by atoms with Crippen LogP contribution in [0.1, 0.15) is 48.8 Å². The largest absolute Gasteiger partial charge is 0.324 e. The fourth-order valence-corrected chi connectivity index (χ4v) is 3.06. The number of carbonyl (C=O) groups excluding carboxylic acids is 2. The predicted molar refractivity (Wildman–Crippen MR) is 80.2 cm³/mol. The number of hydrogen-bond acceptors (Lipinski definition) is 3. The Hall–Kier alpha value is -1.68. The first-order valence-corrected chi connectivity index (χ1v) is 7.06. The van der Waals surface area contributed by atoms with E-state index in [1.807, 2.05) is 6.07 Å². The summed E-state index contributed by atoms with van der Waals surface area (Å²) >= 11 is 1.43. The Morgan fingerprint density at radius 1 is 1.21 bits per heavy atom. The van der Waals surface area contributed by atoms with Crippen LogP contribution in [0.3, 0.4) is 0 Å². The van der Waals surface area contributed by atoms with Crippen molar-refractivity contribution < 1.29 is 9.59 Å². The molecular formula is C15H17NO2S. The van der Waals surface area contributed by atoms with Gasteiger partial charge in [0.1, 0.15) is 0 Å². The van der Waals surface area contributed by atoms with Crippen molar-refractivity contribution >= 4 is 38.8 Å². The Kier molecular flexibility index (Phi) is 3.71. The van der Waals surface area contributed by atoms with E-state index in [0.29, 0.717) is 16.5 Å². The molecule has 0 aliphatic rings. The summed E-state index contributed by atoms with van der Waals surface area (Å²) in [4.78, 5) is 23.6. The number of thiophene rings is 1. The van der Waals surface area contributed by atoms with E-state index in [1.165, 1.54) is 30.7 Å². The van der Waals surface area contributed by atoms with Crippen LogP contribution in [0.5, 0.6) is 0 Å². The van der Waals surface area contributed by atoms with Crippen LogP contribution in [-0.2, 0) is 4.79 Å². The molecule has 0 radical (unpaired) electrons. The van der Waals surface area contributed by atoms with Gasteiger partial charge >= 0.3 is 0 Å². The number of hydrogen-bond donors (Lipinski definition) is 1. The van der Waals surface area contributed by atoms with Crippen LogP contribution in [0.4, 0.5) is 5.69 Å². The zero-order valence-corrected chi connectivity index (χ0v) is 12.4. The molecule has 0 atom stereocenters. The summed E-state index contributed by atoms with van der Waals surface area (Å²) in [6.45, 7) is 7.23. The number of carbonyl (C=O) groups is 2. The maximum atomic E-state index is 11.7. The summed E-state index contributed by atoms with van der Waals surface area (Å²) in [5, 5.41) is 3.75. The highest BCUT2D eigenvalue weighted by Crippen LogP contribution is 2.37. The van der Waals surface area contributed by atoms with Gasteiger partial charge in [-0.25, -0.2) is 0 Å². The van der Waals surface area contributed by atoms with Gasteiger partial charge in [-0.1, -0.05) is 19.9 Å². The minimum Gasteiger partial charge on any atom is -0.324 e. The van der Waals surface area contributed by atoms with Crippen LogP contribution in [-0.4, -0.2) is 11.7 Å². The first-order chi connectivity index (χ1) is 8.90. The summed E-state index contributed by atoms with van der Waals surface area (Å²) < 4.78 is 1.03. The molecule has 0 unspecified atom stereocenters. The van der Waals surface area contributed by atoms with Gasteiger partial charge in [0.15, 0.2) is 5.78 Å². The van der Waals surface area contributed by atoms with Crippen molar-refractivity contribution in [1.29, 1.82) is 0 Å². The Labute approximate surface area is 116 Å². The molecule has 2 aromatic rings. The number of rotatable bonds is 3. The van der Waals surface area contributed by atoms with E-state index in [2.05, 4.69) is 31.3 Å². The van der Waals surface area contributed by atoms with Gasteiger partial charge in [-0.05, 0) is 23.6 Å². The van der Waals surface area contributed by atoms with E-state index < -0.39 is 0 Å². The molecule has 1 amide bonds. The quantitative estimate of drug-likeness (QED) is 0.854. The van der Waals surface area contributed by atoms with Gasteiger partial charge in [0.05, 0.1) is 10.6 Å². The molecule has 1 aromatic carbocycles. The number of ketones is 1. The normalized spacial score (nSPS) is 11.0. The molecule has 2 rings (SSSR count). The van der Waals surface area contributed by atoms with Crippen molar-refractivity contribution in [2.24, 2.45) is 0 Å². The van der Waals surface area contributed by atoms with Crippen LogP contribution in [0.15, 0.2) is 18.2 Å². The van der Waals surface area contributed by atoms with Gasteiger partial charge in [0.25, 0.3) is 0 Å². The maximum absolute atomic E-state index is 11.7. The molecule has 1 heterocycles. The summed E-state index contributed by atoms with van der Waals surface area (Å²) in [5.41, 5.74) is 1.86. The maximum Gasteiger partial charge on any atom is 0.221 e. The summed E-state index contributed by atoms with van der Waals surface area (Å²) in [6.07, 6.45) is 0. The molecule has 0 spiro atoms. The first kappa shape index (κ1) is 13.7. The lowest BCUT2D eigenvalue weighted by Gasteiger charge is -2.07. The monoisotopic (exact) mass is 275 g/mol. The average Bonchev–Trinajstić information content (AvgIpc) is 2.66. The predicted octanol–water partition coefficient (Wildman–Crippen LogP) is 4.19. The molecule has 0 bridgehead atoms. The second-order valence-electron chi connectivity index (χ2n) is 4.95. The van der Waals surface area contributed by atoms with Crippen LogP contribution >= 0.6 is 11.3 Å². The lowest BCUT2D eigenvalue weighted by atomic mass is 10.0. The van der Waals surface area contributed by atoms with Crippen molar-refractivity contribution in [3.05, 3.63) is 28.6 Å². The molecule has 0 saturated carbocycles. The third kappa shape index (κ3) is 2.68. The fourth-order valence-electron chi connectivity index (χ4n) is 2.02. The highest BCUT2D eigenvalue weighted by molar-refractivity contribution is 7.21. The highest BCUT2D eigenvalue weighted by atomic mass is 32.1. The molecule has 4 heteroatoms. The number of amides is 1. The van der Waals surface area contributed by atoms with Gasteiger partial charge in [-0.2, -0.15) is 0 Å². The summed E-state index contributed by atoms with van der Waals surface area (Å²) in [6, 6.07) is 6.16. The van der Waals surface area contributed by atoms with Crippen molar-refractivity contribution in [1.82, 2.24) is 0 Å². The van der Waals surface area contributed by atoms with Crippen molar-refractivity contribution in [3.8, 4) is 0 Å². The number of Topliss-reactive ketones (excluding diaryl/α,β-unsaturated/α-hetero) is 1. The second-order valence-corrected chi connectivity index (χ2v) is 6.01. The van der Waals surface area contributed by atoms with Crippen molar-refractivity contribution in [2.75, 3.05) is 5.32 Å². The zero-order chi connectivity index (χ0) is 14.2. The minimum atomic E-state index is -0.155. The van der Waals surface area contributed by atoms with Crippen molar-refractivity contribution in [2.45, 2.75) is 33.6 Å². The lowest BCUT2D eigenvalue weighted by Crippen LogP contribution is -2.08. The number of fused-ring (bicyclic) bond motifs is 1. The van der Waals surface area contributed by atoms with Gasteiger partial charge < -0.3 is 5.32 Å². The van der Waals surface area contributed by atoms with Crippen LogP contribution in [0.2, 0.25) is 0 Å². The molecule has 0 aliphatic carbocycles. The number of anilines is 1. The summed E-state index contributed by atoms with van der Waals surface area (Å²) in [7, 11) is 0. The molecule has 1 aromatic heterocycles. The Morgan fingerprint density at radius 2 is 1.89 bits per heavy atom. The standard InChI is InChI=1S/C15H17NO2S/c1-8(2)11-5-6-13-12(7-11)14(16-10(4)18)15(19-13)9(3)17/h5-8H,1-4H3,(H,16,18). The molecular weight excluding hydrogens is 258 g/mol. The Bertz CT molecular complexity index is 655. The molecule has 3 nitrogen and oxygen atoms in total. The van der Waals surface area contributed by atoms with E-state index in [0.717, 1.165) is 10.1 Å². The van der Waals surface area contributed by atoms with Crippen LogP contribution in [0.25, 0.3) is 10.1 Å². The van der Waals surface area contributed by atoms with Crippen LogP contribution < -0.4 is 5.32 Å². The fraction of sp³-hybridized carbons (Fsp3) is 0.333.